The second kappa shape index (κ2) is 5.74. The van der Waals surface area contributed by atoms with Crippen LogP contribution in [0.1, 0.15) is 36.8 Å². The van der Waals surface area contributed by atoms with Crippen LogP contribution in [0.2, 0.25) is 0 Å². The normalized spacial score (nSPS) is 10.9. The first-order valence-corrected chi connectivity index (χ1v) is 6.56. The molecule has 0 aliphatic heterocycles. The molecule has 0 bridgehead atoms. The average molecular weight is 274 g/mol. The highest BCUT2D eigenvalue weighted by atomic mass is 16.3. The predicted molar refractivity (Wildman–Crippen MR) is 76.3 cm³/mol. The van der Waals surface area contributed by atoms with E-state index in [4.69, 9.17) is 0 Å². The van der Waals surface area contributed by atoms with E-state index in [1.165, 1.54) is 24.3 Å². The summed E-state index contributed by atoms with van der Waals surface area (Å²) in [5.41, 5.74) is 1.29. The van der Waals surface area contributed by atoms with Gasteiger partial charge in [0.15, 0.2) is 0 Å². The SMILES string of the molecule is CCCC(c1ccc(O)cc1O)c1ccc(O)cc1O. The molecule has 4 nitrogen and oxygen atoms in total. The molecule has 0 saturated carbocycles. The van der Waals surface area contributed by atoms with Gasteiger partial charge in [-0.3, -0.25) is 0 Å². The van der Waals surface area contributed by atoms with Crippen LogP contribution >= 0.6 is 0 Å². The summed E-state index contributed by atoms with van der Waals surface area (Å²) in [5.74, 6) is -0.207. The number of rotatable bonds is 4. The van der Waals surface area contributed by atoms with E-state index in [2.05, 4.69) is 0 Å². The Morgan fingerprint density at radius 2 is 1.25 bits per heavy atom. The van der Waals surface area contributed by atoms with Gasteiger partial charge in [-0.05, 0) is 18.6 Å². The van der Waals surface area contributed by atoms with Crippen LogP contribution in [0.3, 0.4) is 0 Å². The first kappa shape index (κ1) is 14.1. The molecule has 0 fully saturated rings. The third kappa shape index (κ3) is 2.79. The molecule has 0 atom stereocenters. The van der Waals surface area contributed by atoms with Gasteiger partial charge in [-0.2, -0.15) is 0 Å². The number of phenols is 4. The Kier molecular flexibility index (Phi) is 4.03. The van der Waals surface area contributed by atoms with Gasteiger partial charge in [0.2, 0.25) is 0 Å². The van der Waals surface area contributed by atoms with Crippen LogP contribution in [-0.2, 0) is 0 Å². The van der Waals surface area contributed by atoms with Crippen molar-refractivity contribution in [1.29, 1.82) is 0 Å². The van der Waals surface area contributed by atoms with Crippen molar-refractivity contribution in [3.63, 3.8) is 0 Å². The quantitative estimate of drug-likeness (QED) is 0.688. The number of benzene rings is 2. The van der Waals surface area contributed by atoms with Crippen LogP contribution in [0.15, 0.2) is 36.4 Å². The third-order valence-electron chi connectivity index (χ3n) is 3.36. The van der Waals surface area contributed by atoms with Crippen molar-refractivity contribution in [2.24, 2.45) is 0 Å². The minimum absolute atomic E-state index is 0.00331. The Bertz CT molecular complexity index is 556. The summed E-state index contributed by atoms with van der Waals surface area (Å²) in [5, 5.41) is 38.7. The van der Waals surface area contributed by atoms with E-state index in [1.807, 2.05) is 6.92 Å². The lowest BCUT2D eigenvalue weighted by Crippen LogP contribution is -2.02. The lowest BCUT2D eigenvalue weighted by atomic mass is 9.86. The maximum absolute atomic E-state index is 10.0. The van der Waals surface area contributed by atoms with Crippen molar-refractivity contribution < 1.29 is 20.4 Å². The Morgan fingerprint density at radius 1 is 0.800 bits per heavy atom. The van der Waals surface area contributed by atoms with Crippen LogP contribution in [0.4, 0.5) is 0 Å². The molecule has 0 spiro atoms. The standard InChI is InChI=1S/C16H18O4/c1-2-3-12(13-6-4-10(17)8-15(13)19)14-7-5-11(18)9-16(14)20/h4-9,12,17-20H,2-3H2,1H3. The summed E-state index contributed by atoms with van der Waals surface area (Å²) in [6.45, 7) is 2.02. The molecule has 2 aromatic rings. The van der Waals surface area contributed by atoms with Gasteiger partial charge >= 0.3 is 0 Å². The van der Waals surface area contributed by atoms with Crippen LogP contribution in [0.25, 0.3) is 0 Å². The van der Waals surface area contributed by atoms with E-state index in [-0.39, 0.29) is 28.9 Å². The molecule has 4 heteroatoms. The van der Waals surface area contributed by atoms with Gasteiger partial charge in [0.1, 0.15) is 23.0 Å². The van der Waals surface area contributed by atoms with Gasteiger partial charge in [-0.1, -0.05) is 25.5 Å². The van der Waals surface area contributed by atoms with Crippen LogP contribution in [-0.4, -0.2) is 20.4 Å². The van der Waals surface area contributed by atoms with Crippen molar-refractivity contribution in [3.8, 4) is 23.0 Å². The monoisotopic (exact) mass is 274 g/mol. The zero-order chi connectivity index (χ0) is 14.7. The Morgan fingerprint density at radius 3 is 1.60 bits per heavy atom. The fourth-order valence-corrected chi connectivity index (χ4v) is 2.42. The van der Waals surface area contributed by atoms with Crippen molar-refractivity contribution in [3.05, 3.63) is 47.5 Å². The van der Waals surface area contributed by atoms with Crippen molar-refractivity contribution in [1.82, 2.24) is 0 Å². The Balaban J connectivity index is 2.50. The van der Waals surface area contributed by atoms with Crippen LogP contribution in [0, 0.1) is 0 Å². The molecule has 0 aliphatic rings. The van der Waals surface area contributed by atoms with Crippen molar-refractivity contribution >= 4 is 0 Å². The summed E-state index contributed by atoms with van der Waals surface area (Å²) in [7, 11) is 0. The van der Waals surface area contributed by atoms with Gasteiger partial charge < -0.3 is 20.4 Å². The van der Waals surface area contributed by atoms with Gasteiger partial charge in [-0.15, -0.1) is 0 Å². The molecule has 20 heavy (non-hydrogen) atoms. The van der Waals surface area contributed by atoms with E-state index in [0.29, 0.717) is 11.1 Å². The Hall–Kier alpha value is -2.36. The average Bonchev–Trinajstić information content (AvgIpc) is 2.37. The number of aromatic hydroxyl groups is 4. The second-order valence-electron chi connectivity index (χ2n) is 4.83. The number of hydrogen-bond donors (Lipinski definition) is 4. The second-order valence-corrected chi connectivity index (χ2v) is 4.83. The molecule has 0 aromatic heterocycles. The largest absolute Gasteiger partial charge is 0.508 e. The van der Waals surface area contributed by atoms with Crippen molar-refractivity contribution in [2.45, 2.75) is 25.7 Å². The van der Waals surface area contributed by atoms with E-state index in [1.54, 1.807) is 12.1 Å². The molecule has 0 saturated heterocycles. The molecular formula is C16H18O4. The fraction of sp³-hybridized carbons (Fsp3) is 0.250. The lowest BCUT2D eigenvalue weighted by Gasteiger charge is -2.20. The first-order chi connectivity index (χ1) is 9.52. The lowest BCUT2D eigenvalue weighted by molar-refractivity contribution is 0.434. The Labute approximate surface area is 117 Å². The molecule has 2 rings (SSSR count). The highest BCUT2D eigenvalue weighted by Gasteiger charge is 2.20. The van der Waals surface area contributed by atoms with E-state index in [9.17, 15) is 20.4 Å². The molecule has 0 amide bonds. The highest BCUT2D eigenvalue weighted by Crippen LogP contribution is 2.40. The molecule has 0 aliphatic carbocycles. The van der Waals surface area contributed by atoms with E-state index >= 15 is 0 Å². The maximum atomic E-state index is 10.0. The van der Waals surface area contributed by atoms with Gasteiger partial charge in [-0.25, -0.2) is 0 Å². The predicted octanol–water partition coefficient (Wildman–Crippen LogP) is 3.44. The zero-order valence-corrected chi connectivity index (χ0v) is 11.2. The molecule has 0 radical (unpaired) electrons. The highest BCUT2D eigenvalue weighted by molar-refractivity contribution is 5.50. The molecule has 0 heterocycles. The van der Waals surface area contributed by atoms with E-state index < -0.39 is 0 Å². The number of hydrogen-bond acceptors (Lipinski definition) is 4. The summed E-state index contributed by atoms with van der Waals surface area (Å²) >= 11 is 0. The minimum Gasteiger partial charge on any atom is -0.508 e. The topological polar surface area (TPSA) is 80.9 Å². The summed E-state index contributed by atoms with van der Waals surface area (Å²) in [6.07, 6.45) is 1.60. The van der Waals surface area contributed by atoms with E-state index in [0.717, 1.165) is 12.8 Å². The molecule has 106 valence electrons. The minimum atomic E-state index is -0.193. The summed E-state index contributed by atoms with van der Waals surface area (Å²) in [4.78, 5) is 0. The smallest absolute Gasteiger partial charge is 0.123 e. The molecule has 0 unspecified atom stereocenters. The molecular weight excluding hydrogens is 256 g/mol. The molecule has 2 aromatic carbocycles. The first-order valence-electron chi connectivity index (χ1n) is 6.56. The van der Waals surface area contributed by atoms with Gasteiger partial charge in [0.05, 0.1) is 0 Å². The maximum Gasteiger partial charge on any atom is 0.123 e. The molecule has 4 N–H and O–H groups in total. The van der Waals surface area contributed by atoms with Crippen LogP contribution < -0.4 is 0 Å². The zero-order valence-electron chi connectivity index (χ0n) is 11.2. The van der Waals surface area contributed by atoms with Crippen molar-refractivity contribution in [2.75, 3.05) is 0 Å². The number of phenolic OH excluding ortho intramolecular Hbond substituents is 4. The van der Waals surface area contributed by atoms with Gasteiger partial charge in [0.25, 0.3) is 0 Å². The summed E-state index contributed by atoms with van der Waals surface area (Å²) < 4.78 is 0. The van der Waals surface area contributed by atoms with Crippen LogP contribution in [0.5, 0.6) is 23.0 Å². The summed E-state index contributed by atoms with van der Waals surface area (Å²) in [6, 6.07) is 8.89. The fourth-order valence-electron chi connectivity index (χ4n) is 2.42. The van der Waals surface area contributed by atoms with Gasteiger partial charge in [0, 0.05) is 29.2 Å². The third-order valence-corrected chi connectivity index (χ3v) is 3.36.